The first-order valence-corrected chi connectivity index (χ1v) is 26.0. The van der Waals surface area contributed by atoms with E-state index in [0.717, 1.165) is 83.5 Å². The van der Waals surface area contributed by atoms with E-state index in [-0.39, 0.29) is 31.9 Å². The molecule has 376 valence electrons. The molecule has 5 heteroatoms. The molecule has 0 saturated heterocycles. The Morgan fingerprint density at radius 2 is 0.961 bits per heavy atom. The minimum absolute atomic E-state index is 0. The van der Waals surface area contributed by atoms with Crippen molar-refractivity contribution in [1.29, 1.82) is 0 Å². The van der Waals surface area contributed by atoms with Gasteiger partial charge in [-0.2, -0.15) is 30.3 Å². The number of anilines is 2. The number of hydrogen-bond donors (Lipinski definition) is 0. The first-order chi connectivity index (χ1) is 36.4. The summed E-state index contributed by atoms with van der Waals surface area (Å²) in [5, 5.41) is 2.28. The molecular formula is C71H59N4Pt-3. The van der Waals surface area contributed by atoms with Gasteiger partial charge in [0.25, 0.3) is 0 Å². The number of fused-ring (bicyclic) bond motifs is 3. The third-order valence-corrected chi connectivity index (χ3v) is 14.8. The molecule has 0 saturated carbocycles. The topological polar surface area (TPSA) is 24.3 Å². The second-order valence-corrected chi connectivity index (χ2v) is 21.8. The third kappa shape index (κ3) is 9.20. The summed E-state index contributed by atoms with van der Waals surface area (Å²) in [6, 6.07) is 91.7. The van der Waals surface area contributed by atoms with Crippen LogP contribution in [0.4, 0.5) is 11.4 Å². The monoisotopic (exact) mass is 1160 g/mol. The first-order valence-electron chi connectivity index (χ1n) is 26.0. The summed E-state index contributed by atoms with van der Waals surface area (Å²) >= 11 is 0. The maximum atomic E-state index is 5.07. The van der Waals surface area contributed by atoms with Crippen LogP contribution in [0.15, 0.2) is 249 Å². The van der Waals surface area contributed by atoms with Gasteiger partial charge in [0.1, 0.15) is 5.82 Å². The molecule has 0 unspecified atom stereocenters. The van der Waals surface area contributed by atoms with Crippen LogP contribution in [0.2, 0.25) is 0 Å². The summed E-state index contributed by atoms with van der Waals surface area (Å²) in [5.74, 6) is 0.868. The zero-order valence-electron chi connectivity index (χ0n) is 43.8. The van der Waals surface area contributed by atoms with Gasteiger partial charge in [-0.25, -0.2) is 4.98 Å². The predicted molar refractivity (Wildman–Crippen MR) is 313 cm³/mol. The van der Waals surface area contributed by atoms with Gasteiger partial charge in [-0.3, -0.25) is 0 Å². The molecule has 2 aromatic heterocycles. The molecule has 11 aromatic rings. The number of rotatable bonds is 10. The van der Waals surface area contributed by atoms with Crippen LogP contribution >= 0.6 is 0 Å². The van der Waals surface area contributed by atoms with Gasteiger partial charge >= 0.3 is 0 Å². The quantitative estimate of drug-likeness (QED) is 0.101. The minimum Gasteiger partial charge on any atom is -0.500 e. The number of aromatic nitrogens is 2. The van der Waals surface area contributed by atoms with Gasteiger partial charge in [0.05, 0.1) is 0 Å². The molecule has 0 radical (unpaired) electrons. The summed E-state index contributed by atoms with van der Waals surface area (Å²) in [6.07, 6.45) is 4.26. The first kappa shape index (κ1) is 50.1. The van der Waals surface area contributed by atoms with E-state index in [4.69, 9.17) is 4.98 Å². The fourth-order valence-corrected chi connectivity index (χ4v) is 11.0. The van der Waals surface area contributed by atoms with Crippen LogP contribution in [0.25, 0.3) is 61.0 Å². The van der Waals surface area contributed by atoms with Crippen molar-refractivity contribution in [2.45, 2.75) is 52.4 Å². The van der Waals surface area contributed by atoms with Crippen LogP contribution in [-0.2, 0) is 31.9 Å². The number of benzene rings is 9. The second-order valence-electron chi connectivity index (χ2n) is 21.8. The zero-order valence-corrected chi connectivity index (χ0v) is 46.0. The van der Waals surface area contributed by atoms with Crippen molar-refractivity contribution in [2.24, 2.45) is 5.41 Å². The number of para-hydroxylation sites is 1. The molecule has 76 heavy (non-hydrogen) atoms. The molecule has 0 atom stereocenters. The smallest absolute Gasteiger partial charge is 0.135 e. The van der Waals surface area contributed by atoms with Crippen LogP contribution in [0.1, 0.15) is 69.4 Å². The largest absolute Gasteiger partial charge is 0.500 e. The average Bonchev–Trinajstić information content (AvgIpc) is 4.11. The van der Waals surface area contributed by atoms with Crippen molar-refractivity contribution in [1.82, 2.24) is 9.55 Å². The molecule has 0 N–H and O–H groups in total. The number of allylic oxidation sites excluding steroid dienone is 1. The van der Waals surface area contributed by atoms with Gasteiger partial charge < -0.3 is 14.4 Å². The molecular weight excluding hydrogens is 1100 g/mol. The molecule has 0 fully saturated rings. The molecule has 1 aliphatic rings. The zero-order chi connectivity index (χ0) is 51.3. The summed E-state index contributed by atoms with van der Waals surface area (Å²) in [7, 11) is 0. The van der Waals surface area contributed by atoms with Crippen molar-refractivity contribution in [3.8, 4) is 39.2 Å². The molecule has 1 aliphatic heterocycles. The Bertz CT molecular complexity index is 3770. The molecule has 0 aliphatic carbocycles. The van der Waals surface area contributed by atoms with Crippen LogP contribution in [-0.4, -0.2) is 9.55 Å². The SMILES string of the molecule is CC(C)(C)C1=CN(c2[c-]c(C(c3[c-]c4c(cc3)c3ccccc3n4-c3cc(C(C)(C)C)ccn3)(c3ccccc3)c3ccccc3)cc(-c3ccccc3)c2)[CH-]N1c1cc(-c2ccccc2)cc(-c2ccccc2)c1.[Pt]. The fourth-order valence-electron chi connectivity index (χ4n) is 11.0. The predicted octanol–water partition coefficient (Wildman–Crippen LogP) is 17.8. The number of hydrogen-bond acceptors (Lipinski definition) is 3. The molecule has 4 nitrogen and oxygen atoms in total. The Balaban J connectivity index is 0.00000616. The number of nitrogens with zero attached hydrogens (tertiary/aromatic N) is 4. The second kappa shape index (κ2) is 20.2. The molecule has 9 aromatic carbocycles. The van der Waals surface area contributed by atoms with E-state index in [1.807, 2.05) is 6.20 Å². The Morgan fingerprint density at radius 3 is 1.51 bits per heavy atom. The summed E-state index contributed by atoms with van der Waals surface area (Å²) in [6.45, 7) is 15.9. The maximum absolute atomic E-state index is 5.07. The number of pyridine rings is 1. The van der Waals surface area contributed by atoms with Crippen molar-refractivity contribution < 1.29 is 21.1 Å². The average molecular weight is 1160 g/mol. The van der Waals surface area contributed by atoms with Crippen molar-refractivity contribution >= 4 is 33.2 Å². The van der Waals surface area contributed by atoms with Gasteiger partial charge in [0, 0.05) is 55.0 Å². The Hall–Kier alpha value is -8.04. The third-order valence-electron chi connectivity index (χ3n) is 14.8. The Labute approximate surface area is 462 Å². The van der Waals surface area contributed by atoms with Crippen molar-refractivity contribution in [3.05, 3.63) is 295 Å². The molecule has 12 rings (SSSR count). The molecule has 0 bridgehead atoms. The van der Waals surface area contributed by atoms with Crippen molar-refractivity contribution in [3.63, 3.8) is 0 Å². The van der Waals surface area contributed by atoms with E-state index in [9.17, 15) is 0 Å². The molecule has 0 spiro atoms. The van der Waals surface area contributed by atoms with Crippen LogP contribution in [0.5, 0.6) is 0 Å². The fraction of sp³-hybridized carbons (Fsp3) is 0.127. The van der Waals surface area contributed by atoms with Gasteiger partial charge in [-0.05, 0) is 97.9 Å². The Kier molecular flexibility index (Phi) is 13.4. The van der Waals surface area contributed by atoms with E-state index in [0.29, 0.717) is 0 Å². The van der Waals surface area contributed by atoms with Gasteiger partial charge in [0.2, 0.25) is 0 Å². The van der Waals surface area contributed by atoms with Gasteiger partial charge in [0.15, 0.2) is 0 Å². The minimum atomic E-state index is -0.900. The Morgan fingerprint density at radius 1 is 0.434 bits per heavy atom. The standard InChI is InChI=1S/C71H59N4.Pt/c1-69(2,3)58-38-39-72-68(47-58)75-65-35-23-22-34-63(65)64-37-36-59(46-66(64)75)71(56-30-18-10-19-31-56,57-32-20-11-21-33-57)60-41-55(52-28-16-9-17-29-52)42-61(45-60)73-48-67(70(4,5)6)74(49-73)62-43-53(50-24-12-7-13-25-50)40-54(44-62)51-26-14-8-15-27-51;/h7-44,47-49H,1-6H3;/q-3;. The van der Waals surface area contributed by atoms with Gasteiger partial charge in [-0.1, -0.05) is 217 Å². The van der Waals surface area contributed by atoms with E-state index in [2.05, 4.69) is 311 Å². The van der Waals surface area contributed by atoms with Crippen LogP contribution in [0.3, 0.4) is 0 Å². The maximum Gasteiger partial charge on any atom is 0.135 e. The van der Waals surface area contributed by atoms with E-state index in [1.165, 1.54) is 22.4 Å². The molecule has 0 amide bonds. The normalized spacial score (nSPS) is 13.0. The summed E-state index contributed by atoms with van der Waals surface area (Å²) < 4.78 is 2.31. The molecule has 3 heterocycles. The van der Waals surface area contributed by atoms with Crippen LogP contribution in [0, 0.1) is 24.2 Å². The van der Waals surface area contributed by atoms with Crippen molar-refractivity contribution in [2.75, 3.05) is 9.80 Å². The van der Waals surface area contributed by atoms with E-state index in [1.54, 1.807) is 0 Å². The van der Waals surface area contributed by atoms with E-state index >= 15 is 0 Å². The van der Waals surface area contributed by atoms with E-state index < -0.39 is 5.41 Å². The summed E-state index contributed by atoms with van der Waals surface area (Å²) in [4.78, 5) is 9.74. The van der Waals surface area contributed by atoms with Gasteiger partial charge in [-0.15, -0.1) is 40.5 Å². The van der Waals surface area contributed by atoms with Crippen LogP contribution < -0.4 is 9.80 Å². The summed E-state index contributed by atoms with van der Waals surface area (Å²) in [5.41, 5.74) is 16.3.